The van der Waals surface area contributed by atoms with Gasteiger partial charge in [-0.25, -0.2) is 8.78 Å². The number of halogens is 3. The molecule has 1 unspecified atom stereocenters. The molecule has 21 heavy (non-hydrogen) atoms. The fraction of sp³-hybridized carbons (Fsp3) is 0.250. The summed E-state index contributed by atoms with van der Waals surface area (Å²) in [5.74, 6) is -0.130. The van der Waals surface area contributed by atoms with Crippen LogP contribution in [-0.4, -0.2) is 14.2 Å². The third kappa shape index (κ3) is 3.80. The van der Waals surface area contributed by atoms with E-state index in [2.05, 4.69) is 21.2 Å². The lowest BCUT2D eigenvalue weighted by atomic mass is 9.98. The van der Waals surface area contributed by atoms with Crippen molar-refractivity contribution in [3.8, 4) is 5.75 Å². The molecule has 1 atom stereocenters. The van der Waals surface area contributed by atoms with Gasteiger partial charge in [-0.2, -0.15) is 0 Å². The summed E-state index contributed by atoms with van der Waals surface area (Å²) < 4.78 is 33.2. The molecule has 0 bridgehead atoms. The van der Waals surface area contributed by atoms with Crippen LogP contribution in [0.1, 0.15) is 17.2 Å². The fourth-order valence-electron chi connectivity index (χ4n) is 2.20. The van der Waals surface area contributed by atoms with Crippen molar-refractivity contribution in [2.24, 2.45) is 0 Å². The Bertz CT molecular complexity index is 634. The van der Waals surface area contributed by atoms with Crippen LogP contribution in [0.15, 0.2) is 40.9 Å². The van der Waals surface area contributed by atoms with Crippen molar-refractivity contribution in [1.29, 1.82) is 0 Å². The van der Waals surface area contributed by atoms with E-state index in [0.29, 0.717) is 17.7 Å². The quantitative estimate of drug-likeness (QED) is 0.865. The molecule has 2 aromatic carbocycles. The summed E-state index contributed by atoms with van der Waals surface area (Å²) in [6, 6.07) is 8.93. The van der Waals surface area contributed by atoms with Gasteiger partial charge in [0, 0.05) is 10.5 Å². The molecule has 112 valence electrons. The van der Waals surface area contributed by atoms with Crippen LogP contribution in [0.3, 0.4) is 0 Å². The standard InChI is InChI=1S/C16H16BrF2NO/c1-20-16(8-10-7-11(18)3-6-15(10)19)13-9-12(21-2)4-5-14(13)17/h3-7,9,16,20H,8H2,1-2H3. The number of benzene rings is 2. The molecule has 0 saturated carbocycles. The molecule has 2 nitrogen and oxygen atoms in total. The van der Waals surface area contributed by atoms with E-state index in [4.69, 9.17) is 4.74 Å². The minimum Gasteiger partial charge on any atom is -0.497 e. The summed E-state index contributed by atoms with van der Waals surface area (Å²) >= 11 is 3.48. The highest BCUT2D eigenvalue weighted by Crippen LogP contribution is 2.30. The molecular weight excluding hydrogens is 340 g/mol. The van der Waals surface area contributed by atoms with E-state index in [0.717, 1.165) is 22.2 Å². The lowest BCUT2D eigenvalue weighted by molar-refractivity contribution is 0.413. The second-order valence-electron chi connectivity index (χ2n) is 4.67. The summed E-state index contributed by atoms with van der Waals surface area (Å²) in [6.45, 7) is 0. The molecule has 1 N–H and O–H groups in total. The van der Waals surface area contributed by atoms with E-state index in [9.17, 15) is 8.78 Å². The Morgan fingerprint density at radius 2 is 1.95 bits per heavy atom. The van der Waals surface area contributed by atoms with Crippen LogP contribution in [0.2, 0.25) is 0 Å². The normalized spacial score (nSPS) is 12.2. The molecule has 5 heteroatoms. The molecule has 0 aliphatic carbocycles. The maximum atomic E-state index is 13.8. The van der Waals surface area contributed by atoms with Crippen LogP contribution in [0.4, 0.5) is 8.78 Å². The van der Waals surface area contributed by atoms with Gasteiger partial charge >= 0.3 is 0 Å². The largest absolute Gasteiger partial charge is 0.497 e. The lowest BCUT2D eigenvalue weighted by Gasteiger charge is -2.19. The number of likely N-dealkylation sites (N-methyl/N-ethyl adjacent to an activating group) is 1. The van der Waals surface area contributed by atoms with Crippen LogP contribution in [0.5, 0.6) is 5.75 Å². The van der Waals surface area contributed by atoms with Crippen LogP contribution in [-0.2, 0) is 6.42 Å². The maximum Gasteiger partial charge on any atom is 0.126 e. The third-order valence-corrected chi connectivity index (χ3v) is 4.08. The maximum absolute atomic E-state index is 13.8. The van der Waals surface area contributed by atoms with Gasteiger partial charge < -0.3 is 10.1 Å². The average Bonchev–Trinajstić information content (AvgIpc) is 2.49. The number of hydrogen-bond acceptors (Lipinski definition) is 2. The monoisotopic (exact) mass is 355 g/mol. The Kier molecular flexibility index (Phi) is 5.31. The number of rotatable bonds is 5. The molecule has 0 amide bonds. The molecule has 2 rings (SSSR count). The van der Waals surface area contributed by atoms with Gasteiger partial charge in [0.25, 0.3) is 0 Å². The first kappa shape index (κ1) is 15.9. The molecule has 0 aliphatic rings. The van der Waals surface area contributed by atoms with E-state index in [1.165, 1.54) is 6.07 Å². The minimum atomic E-state index is -0.439. The Balaban J connectivity index is 2.34. The van der Waals surface area contributed by atoms with Gasteiger partial charge in [0.15, 0.2) is 0 Å². The zero-order chi connectivity index (χ0) is 15.4. The highest BCUT2D eigenvalue weighted by molar-refractivity contribution is 9.10. The van der Waals surface area contributed by atoms with E-state index in [1.54, 1.807) is 14.2 Å². The van der Waals surface area contributed by atoms with Gasteiger partial charge in [0.1, 0.15) is 17.4 Å². The molecule has 0 saturated heterocycles. The van der Waals surface area contributed by atoms with Gasteiger partial charge in [0.2, 0.25) is 0 Å². The molecule has 2 aromatic rings. The molecule has 0 aliphatic heterocycles. The van der Waals surface area contributed by atoms with Crippen molar-refractivity contribution in [1.82, 2.24) is 5.32 Å². The van der Waals surface area contributed by atoms with Crippen molar-refractivity contribution in [2.45, 2.75) is 12.5 Å². The first-order valence-corrected chi connectivity index (χ1v) is 7.29. The zero-order valence-electron chi connectivity index (χ0n) is 11.8. The minimum absolute atomic E-state index is 0.161. The highest BCUT2D eigenvalue weighted by atomic mass is 79.9. The lowest BCUT2D eigenvalue weighted by Crippen LogP contribution is -2.20. The Morgan fingerprint density at radius 3 is 2.62 bits per heavy atom. The van der Waals surface area contributed by atoms with Crippen molar-refractivity contribution < 1.29 is 13.5 Å². The molecule has 0 fully saturated rings. The third-order valence-electron chi connectivity index (χ3n) is 3.36. The van der Waals surface area contributed by atoms with E-state index >= 15 is 0 Å². The summed E-state index contributed by atoms with van der Waals surface area (Å²) in [7, 11) is 3.38. The highest BCUT2D eigenvalue weighted by Gasteiger charge is 2.17. The first-order valence-electron chi connectivity index (χ1n) is 6.49. The van der Waals surface area contributed by atoms with Gasteiger partial charge in [-0.15, -0.1) is 0 Å². The number of ether oxygens (including phenoxy) is 1. The Labute approximate surface area is 131 Å². The molecule has 0 spiro atoms. The van der Waals surface area contributed by atoms with Crippen LogP contribution in [0.25, 0.3) is 0 Å². The topological polar surface area (TPSA) is 21.3 Å². The summed E-state index contributed by atoms with van der Waals surface area (Å²) in [6.07, 6.45) is 0.339. The van der Waals surface area contributed by atoms with Crippen LogP contribution in [0, 0.1) is 11.6 Å². The predicted octanol–water partition coefficient (Wildman–Crippen LogP) is 4.24. The molecule has 0 aromatic heterocycles. The van der Waals surface area contributed by atoms with E-state index in [-0.39, 0.29) is 6.04 Å². The summed E-state index contributed by atoms with van der Waals surface area (Å²) in [5, 5.41) is 3.13. The van der Waals surface area contributed by atoms with Gasteiger partial charge in [-0.1, -0.05) is 15.9 Å². The molecular formula is C16H16BrF2NO. The van der Waals surface area contributed by atoms with Crippen LogP contribution < -0.4 is 10.1 Å². The van der Waals surface area contributed by atoms with Gasteiger partial charge in [-0.3, -0.25) is 0 Å². The Morgan fingerprint density at radius 1 is 1.19 bits per heavy atom. The molecule has 0 heterocycles. The second kappa shape index (κ2) is 7.00. The summed E-state index contributed by atoms with van der Waals surface area (Å²) in [4.78, 5) is 0. The van der Waals surface area contributed by atoms with Crippen LogP contribution >= 0.6 is 15.9 Å². The molecule has 0 radical (unpaired) electrons. The Hall–Kier alpha value is -1.46. The fourth-order valence-corrected chi connectivity index (χ4v) is 2.73. The second-order valence-corrected chi connectivity index (χ2v) is 5.52. The number of hydrogen-bond donors (Lipinski definition) is 1. The number of nitrogens with one attached hydrogen (secondary N) is 1. The van der Waals surface area contributed by atoms with Crippen molar-refractivity contribution in [2.75, 3.05) is 14.2 Å². The summed E-state index contributed by atoms with van der Waals surface area (Å²) in [5.41, 5.74) is 1.27. The van der Waals surface area contributed by atoms with E-state index < -0.39 is 11.6 Å². The van der Waals surface area contributed by atoms with Gasteiger partial charge in [-0.05, 0) is 61.0 Å². The zero-order valence-corrected chi connectivity index (χ0v) is 13.4. The van der Waals surface area contributed by atoms with Crippen molar-refractivity contribution in [3.05, 3.63) is 63.6 Å². The van der Waals surface area contributed by atoms with Crippen molar-refractivity contribution in [3.63, 3.8) is 0 Å². The SMILES string of the molecule is CNC(Cc1cc(F)ccc1F)c1cc(OC)ccc1Br. The first-order chi connectivity index (χ1) is 10.0. The van der Waals surface area contributed by atoms with Crippen molar-refractivity contribution >= 4 is 15.9 Å². The smallest absolute Gasteiger partial charge is 0.126 e. The van der Waals surface area contributed by atoms with Gasteiger partial charge in [0.05, 0.1) is 7.11 Å². The predicted molar refractivity (Wildman–Crippen MR) is 82.6 cm³/mol. The van der Waals surface area contributed by atoms with E-state index in [1.807, 2.05) is 18.2 Å². The number of methoxy groups -OCH3 is 1. The average molecular weight is 356 g/mol.